The second-order valence-electron chi connectivity index (χ2n) is 2.05. The number of aromatic nitrogens is 1. The van der Waals surface area contributed by atoms with Crippen molar-refractivity contribution >= 4 is 17.4 Å². The lowest BCUT2D eigenvalue weighted by atomic mass is 10.3. The molecule has 0 aliphatic rings. The number of nitrogens with zero attached hydrogens (tertiary/aromatic N) is 3. The van der Waals surface area contributed by atoms with Crippen LogP contribution in [0.4, 0.5) is 0 Å². The molecule has 0 aliphatic heterocycles. The van der Waals surface area contributed by atoms with Crippen LogP contribution in [-0.4, -0.2) is 10.8 Å². The molecule has 0 fully saturated rings. The first-order valence-corrected chi connectivity index (χ1v) is 3.69. The van der Waals surface area contributed by atoms with Crippen molar-refractivity contribution < 1.29 is 0 Å². The summed E-state index contributed by atoms with van der Waals surface area (Å²) in [5, 5.41) is 6.60. The van der Waals surface area contributed by atoms with E-state index in [0.717, 1.165) is 0 Å². The fourth-order valence-electron chi connectivity index (χ4n) is 0.745. The average molecular weight is 199 g/mol. The van der Waals surface area contributed by atoms with Crippen LogP contribution >= 0.6 is 11.6 Å². The number of halogens is 1. The lowest BCUT2D eigenvalue weighted by Gasteiger charge is -2.01. The van der Waals surface area contributed by atoms with Gasteiger partial charge in [0.2, 0.25) is 0 Å². The summed E-state index contributed by atoms with van der Waals surface area (Å²) in [6.45, 7) is 0. The summed E-state index contributed by atoms with van der Waals surface area (Å²) in [6.07, 6.45) is 0. The number of pyridine rings is 1. The van der Waals surface area contributed by atoms with Crippen molar-refractivity contribution in [2.24, 2.45) is 16.2 Å². The van der Waals surface area contributed by atoms with Gasteiger partial charge in [-0.25, -0.2) is 10.4 Å². The molecule has 1 aromatic heterocycles. The van der Waals surface area contributed by atoms with Gasteiger partial charge in [0.05, 0.1) is 0 Å². The third-order valence-electron chi connectivity index (χ3n) is 1.25. The molecule has 0 atom stereocenters. The highest BCUT2D eigenvalue weighted by molar-refractivity contribution is 6.29. The van der Waals surface area contributed by atoms with Gasteiger partial charge in [0.15, 0.2) is 5.84 Å². The minimum Gasteiger partial charge on any atom is -0.321 e. The Kier molecular flexibility index (Phi) is 3.15. The van der Waals surface area contributed by atoms with Gasteiger partial charge in [0, 0.05) is 0 Å². The molecule has 4 N–H and O–H groups in total. The predicted molar refractivity (Wildman–Crippen MR) is 48.3 cm³/mol. The fourth-order valence-corrected chi connectivity index (χ4v) is 0.909. The van der Waals surface area contributed by atoms with Gasteiger partial charge in [-0.3, -0.25) is 0 Å². The highest BCUT2D eigenvalue weighted by Gasteiger charge is 2.03. The van der Waals surface area contributed by atoms with Gasteiger partial charge < -0.3 is 5.84 Å². The van der Waals surface area contributed by atoms with Crippen LogP contribution in [-0.2, 0) is 0 Å². The fraction of sp³-hybridized carbons (Fsp3) is 0. The standard InChI is InChI=1S/C6H7ClN6/c7-5-3-1-2-4(10-5)6(11-8)12-13-9/h1-3H,8H2,(H2,9,11,12). The minimum atomic E-state index is 0.192. The van der Waals surface area contributed by atoms with Crippen molar-refractivity contribution in [3.63, 3.8) is 0 Å². The van der Waals surface area contributed by atoms with Crippen molar-refractivity contribution in [1.82, 2.24) is 10.4 Å². The van der Waals surface area contributed by atoms with E-state index in [1.165, 1.54) is 0 Å². The molecule has 0 aliphatic carbocycles. The van der Waals surface area contributed by atoms with E-state index in [1.807, 2.05) is 0 Å². The molecule has 0 amide bonds. The van der Waals surface area contributed by atoms with Crippen molar-refractivity contribution in [3.8, 4) is 0 Å². The van der Waals surface area contributed by atoms with Crippen LogP contribution in [0.25, 0.3) is 0 Å². The average Bonchev–Trinajstić information content (AvgIpc) is 2.14. The van der Waals surface area contributed by atoms with Crippen molar-refractivity contribution in [1.29, 1.82) is 5.53 Å². The van der Waals surface area contributed by atoms with Crippen molar-refractivity contribution in [2.75, 3.05) is 0 Å². The molecule has 0 radical (unpaired) electrons. The van der Waals surface area contributed by atoms with Crippen LogP contribution in [0.5, 0.6) is 0 Å². The molecule has 13 heavy (non-hydrogen) atoms. The van der Waals surface area contributed by atoms with E-state index in [9.17, 15) is 0 Å². The van der Waals surface area contributed by atoms with Gasteiger partial charge in [0.1, 0.15) is 10.8 Å². The highest BCUT2D eigenvalue weighted by Crippen LogP contribution is 2.04. The zero-order valence-electron chi connectivity index (χ0n) is 6.53. The molecular weight excluding hydrogens is 192 g/mol. The number of amidine groups is 1. The topological polar surface area (TPSA) is 99.5 Å². The Morgan fingerprint density at radius 1 is 1.62 bits per heavy atom. The zero-order valence-corrected chi connectivity index (χ0v) is 7.28. The first-order valence-electron chi connectivity index (χ1n) is 3.31. The molecule has 0 spiro atoms. The molecule has 0 saturated heterocycles. The van der Waals surface area contributed by atoms with E-state index in [2.05, 4.69) is 20.7 Å². The lowest BCUT2D eigenvalue weighted by molar-refractivity contribution is 0.856. The largest absolute Gasteiger partial charge is 0.321 e. The van der Waals surface area contributed by atoms with E-state index in [-0.39, 0.29) is 5.84 Å². The highest BCUT2D eigenvalue weighted by atomic mass is 35.5. The molecule has 68 valence electrons. The molecule has 6 nitrogen and oxygen atoms in total. The third kappa shape index (κ3) is 2.38. The lowest BCUT2D eigenvalue weighted by Crippen LogP contribution is -2.21. The molecule has 0 saturated carbocycles. The molecule has 1 rings (SSSR count). The summed E-state index contributed by atoms with van der Waals surface area (Å²) >= 11 is 5.63. The van der Waals surface area contributed by atoms with Gasteiger partial charge >= 0.3 is 0 Å². The molecule has 0 unspecified atom stereocenters. The van der Waals surface area contributed by atoms with Crippen LogP contribution in [0.2, 0.25) is 5.15 Å². The first kappa shape index (κ1) is 9.40. The Bertz CT molecular complexity index is 336. The van der Waals surface area contributed by atoms with Gasteiger partial charge in [-0.1, -0.05) is 22.9 Å². The molecule has 0 aromatic carbocycles. The Hall–Kier alpha value is -1.69. The third-order valence-corrected chi connectivity index (χ3v) is 1.46. The molecule has 1 aromatic rings. The van der Waals surface area contributed by atoms with Crippen LogP contribution in [0.15, 0.2) is 28.5 Å². The van der Waals surface area contributed by atoms with Crippen LogP contribution < -0.4 is 11.3 Å². The number of nitrogens with two attached hydrogens (primary N) is 1. The van der Waals surface area contributed by atoms with Gasteiger partial charge in [0.25, 0.3) is 0 Å². The van der Waals surface area contributed by atoms with Crippen LogP contribution in [0.3, 0.4) is 0 Å². The summed E-state index contributed by atoms with van der Waals surface area (Å²) in [7, 11) is 0. The first-order chi connectivity index (χ1) is 6.27. The Morgan fingerprint density at radius 2 is 2.38 bits per heavy atom. The summed E-state index contributed by atoms with van der Waals surface area (Å²) < 4.78 is 0. The SMILES string of the molecule is N=NNC(=NN)c1cccc(Cl)n1. The monoisotopic (exact) mass is 198 g/mol. The smallest absolute Gasteiger partial charge is 0.193 e. The Labute approximate surface area is 79.3 Å². The second-order valence-corrected chi connectivity index (χ2v) is 2.43. The summed E-state index contributed by atoms with van der Waals surface area (Å²) in [5.74, 6) is 5.23. The normalized spacial score (nSPS) is 11.0. The second kappa shape index (κ2) is 4.36. The van der Waals surface area contributed by atoms with Gasteiger partial charge in [-0.15, -0.1) is 0 Å². The van der Waals surface area contributed by atoms with E-state index in [4.69, 9.17) is 23.0 Å². The van der Waals surface area contributed by atoms with E-state index >= 15 is 0 Å². The molecule has 7 heteroatoms. The van der Waals surface area contributed by atoms with E-state index < -0.39 is 0 Å². The number of rotatable bonds is 2. The number of hydrogen-bond donors (Lipinski definition) is 3. The number of nitrogens with one attached hydrogen (secondary N) is 2. The maximum atomic E-state index is 6.56. The molecule has 1 heterocycles. The number of hydrogen-bond acceptors (Lipinski definition) is 5. The zero-order chi connectivity index (χ0) is 9.68. The van der Waals surface area contributed by atoms with E-state index in [0.29, 0.717) is 10.8 Å². The van der Waals surface area contributed by atoms with Crippen molar-refractivity contribution in [2.45, 2.75) is 0 Å². The molecule has 0 bridgehead atoms. The maximum absolute atomic E-state index is 6.56. The Morgan fingerprint density at radius 3 is 2.92 bits per heavy atom. The minimum absolute atomic E-state index is 0.192. The van der Waals surface area contributed by atoms with E-state index in [1.54, 1.807) is 18.2 Å². The predicted octanol–water partition coefficient (Wildman–Crippen LogP) is 0.891. The quantitative estimate of drug-likeness (QED) is 0.164. The van der Waals surface area contributed by atoms with Gasteiger partial charge in [-0.05, 0) is 12.1 Å². The Balaban J connectivity index is 2.98. The summed E-state index contributed by atoms with van der Waals surface area (Å²) in [6, 6.07) is 4.97. The van der Waals surface area contributed by atoms with Crippen LogP contribution in [0.1, 0.15) is 5.69 Å². The summed E-state index contributed by atoms with van der Waals surface area (Å²) in [5.41, 5.74) is 9.26. The van der Waals surface area contributed by atoms with Gasteiger partial charge in [-0.2, -0.15) is 10.6 Å². The maximum Gasteiger partial charge on any atom is 0.193 e. The van der Waals surface area contributed by atoms with Crippen molar-refractivity contribution in [3.05, 3.63) is 29.0 Å². The number of hydrazone groups is 1. The summed E-state index contributed by atoms with van der Waals surface area (Å²) in [4.78, 5) is 3.91. The van der Waals surface area contributed by atoms with Crippen LogP contribution in [0, 0.1) is 5.53 Å². The molecular formula is C6H7ClN6.